The van der Waals surface area contributed by atoms with E-state index >= 15 is 0 Å². The maximum atomic E-state index is 12.0. The molecule has 0 saturated heterocycles. The van der Waals surface area contributed by atoms with Crippen LogP contribution < -0.4 is 14.2 Å². The number of alkyl halides is 3. The van der Waals surface area contributed by atoms with Gasteiger partial charge in [0.05, 0.1) is 26.9 Å². The molecular weight excluding hydrogens is 350 g/mol. The van der Waals surface area contributed by atoms with Crippen molar-refractivity contribution >= 4 is 15.9 Å². The van der Waals surface area contributed by atoms with E-state index in [1.807, 2.05) is 0 Å². The predicted octanol–water partition coefficient (Wildman–Crippen LogP) is 3.82. The van der Waals surface area contributed by atoms with Gasteiger partial charge in [0.15, 0.2) is 0 Å². The van der Waals surface area contributed by atoms with Crippen LogP contribution in [0.2, 0.25) is 0 Å². The van der Waals surface area contributed by atoms with E-state index in [2.05, 4.69) is 15.9 Å². The van der Waals surface area contributed by atoms with E-state index in [9.17, 15) is 8.78 Å². The zero-order valence-electron chi connectivity index (χ0n) is 12.2. The highest BCUT2D eigenvalue weighted by Gasteiger charge is 2.20. The molecule has 120 valence electrons. The second-order valence-electron chi connectivity index (χ2n) is 4.17. The van der Waals surface area contributed by atoms with Crippen LogP contribution >= 0.6 is 15.9 Å². The van der Waals surface area contributed by atoms with E-state index in [1.165, 1.54) is 0 Å². The van der Waals surface area contributed by atoms with E-state index in [0.29, 0.717) is 23.7 Å². The van der Waals surface area contributed by atoms with E-state index < -0.39 is 13.0 Å². The molecule has 1 unspecified atom stereocenters. The molecule has 4 nitrogen and oxygen atoms in total. The Labute approximate surface area is 131 Å². The van der Waals surface area contributed by atoms with Crippen LogP contribution in [0.15, 0.2) is 12.1 Å². The fourth-order valence-corrected chi connectivity index (χ4v) is 2.48. The maximum Gasteiger partial charge on any atom is 0.261 e. The molecule has 0 amide bonds. The molecule has 1 aromatic carbocycles. The summed E-state index contributed by atoms with van der Waals surface area (Å²) in [5.41, 5.74) is 0.793. The maximum absolute atomic E-state index is 12.0. The summed E-state index contributed by atoms with van der Waals surface area (Å²) in [5, 5.41) is 0. The first kappa shape index (κ1) is 18.0. The third-order valence-corrected chi connectivity index (χ3v) is 3.74. The predicted molar refractivity (Wildman–Crippen MR) is 79.2 cm³/mol. The first-order chi connectivity index (χ1) is 10.0. The van der Waals surface area contributed by atoms with Crippen molar-refractivity contribution in [3.05, 3.63) is 17.7 Å². The zero-order chi connectivity index (χ0) is 15.8. The average Bonchev–Trinajstić information content (AvgIpc) is 2.49. The van der Waals surface area contributed by atoms with Crippen molar-refractivity contribution in [2.24, 2.45) is 0 Å². The quantitative estimate of drug-likeness (QED) is 0.490. The summed E-state index contributed by atoms with van der Waals surface area (Å²) in [6.45, 7) is -0.352. The van der Waals surface area contributed by atoms with Crippen LogP contribution in [0.4, 0.5) is 8.78 Å². The van der Waals surface area contributed by atoms with Crippen LogP contribution in [0.25, 0.3) is 0 Å². The number of hydrogen-bond donors (Lipinski definition) is 0. The third kappa shape index (κ3) is 5.32. The summed E-state index contributed by atoms with van der Waals surface area (Å²) in [4.78, 5) is -0.147. The second-order valence-corrected chi connectivity index (χ2v) is 5.27. The lowest BCUT2D eigenvalue weighted by Gasteiger charge is -2.19. The van der Waals surface area contributed by atoms with Gasteiger partial charge in [-0.25, -0.2) is 8.78 Å². The minimum absolute atomic E-state index is 0.147. The number of benzene rings is 1. The Bertz CT molecular complexity index is 418. The molecule has 0 spiro atoms. The molecule has 7 heteroatoms. The Morgan fingerprint density at radius 2 is 1.62 bits per heavy atom. The van der Waals surface area contributed by atoms with Crippen molar-refractivity contribution in [2.45, 2.75) is 17.7 Å². The molecule has 0 aliphatic heterocycles. The minimum atomic E-state index is -2.45. The van der Waals surface area contributed by atoms with Gasteiger partial charge in [-0.2, -0.15) is 0 Å². The van der Waals surface area contributed by atoms with E-state index in [4.69, 9.17) is 18.9 Å². The largest absolute Gasteiger partial charge is 0.496 e. The van der Waals surface area contributed by atoms with Gasteiger partial charge in [-0.3, -0.25) is 0 Å². The highest BCUT2D eigenvalue weighted by molar-refractivity contribution is 9.09. The van der Waals surface area contributed by atoms with E-state index in [-0.39, 0.29) is 11.4 Å². The number of methoxy groups -OCH3 is 3. The van der Waals surface area contributed by atoms with Crippen molar-refractivity contribution in [1.29, 1.82) is 0 Å². The van der Waals surface area contributed by atoms with Crippen molar-refractivity contribution in [2.75, 3.05) is 34.5 Å². The Hall–Kier alpha value is -1.08. The molecule has 0 fully saturated rings. The monoisotopic (exact) mass is 368 g/mol. The molecule has 0 saturated carbocycles. The summed E-state index contributed by atoms with van der Waals surface area (Å²) >= 11 is 3.51. The summed E-state index contributed by atoms with van der Waals surface area (Å²) in [6, 6.07) is 3.48. The highest BCUT2D eigenvalue weighted by Crippen LogP contribution is 2.43. The number of rotatable bonds is 9. The third-order valence-electron chi connectivity index (χ3n) is 2.83. The molecular formula is C14H19BrF2O4. The molecule has 0 radical (unpaired) electrons. The molecule has 1 aromatic rings. The van der Waals surface area contributed by atoms with Crippen LogP contribution in [-0.2, 0) is 4.74 Å². The molecule has 0 bridgehead atoms. The smallest absolute Gasteiger partial charge is 0.261 e. The van der Waals surface area contributed by atoms with Crippen LogP contribution in [0.3, 0.4) is 0 Å². The van der Waals surface area contributed by atoms with Crippen LogP contribution in [0.1, 0.15) is 16.8 Å². The lowest BCUT2D eigenvalue weighted by atomic mass is 10.1. The molecule has 0 aliphatic rings. The molecule has 0 heterocycles. The summed E-state index contributed by atoms with van der Waals surface area (Å²) in [6.07, 6.45) is -1.95. The van der Waals surface area contributed by atoms with Gasteiger partial charge in [0, 0.05) is 23.6 Å². The number of ether oxygens (including phenoxy) is 4. The fraction of sp³-hybridized carbons (Fsp3) is 0.571. The normalized spacial score (nSPS) is 12.3. The summed E-state index contributed by atoms with van der Waals surface area (Å²) in [5.74, 6) is 1.81. The lowest BCUT2D eigenvalue weighted by Crippen LogP contribution is -2.08. The first-order valence-corrected chi connectivity index (χ1v) is 7.24. The van der Waals surface area contributed by atoms with Crippen molar-refractivity contribution in [3.8, 4) is 17.2 Å². The van der Waals surface area contributed by atoms with Crippen molar-refractivity contribution in [1.82, 2.24) is 0 Å². The average molecular weight is 369 g/mol. The Morgan fingerprint density at radius 3 is 2.05 bits per heavy atom. The SMILES string of the molecule is COc1cc(OC)c(C(Br)CCOCC(F)F)c(OC)c1. The number of halogens is 3. The highest BCUT2D eigenvalue weighted by atomic mass is 79.9. The van der Waals surface area contributed by atoms with Gasteiger partial charge >= 0.3 is 0 Å². The van der Waals surface area contributed by atoms with Crippen LogP contribution in [-0.4, -0.2) is 41.0 Å². The van der Waals surface area contributed by atoms with Crippen LogP contribution in [0.5, 0.6) is 17.2 Å². The molecule has 0 aliphatic carbocycles. The zero-order valence-corrected chi connectivity index (χ0v) is 13.8. The Morgan fingerprint density at radius 1 is 1.05 bits per heavy atom. The minimum Gasteiger partial charge on any atom is -0.496 e. The standard InChI is InChI=1S/C14H19BrF2O4/c1-18-9-6-11(19-2)14(12(7-9)20-3)10(15)4-5-21-8-13(16)17/h6-7,10,13H,4-5,8H2,1-3H3. The summed E-state index contributed by atoms with van der Waals surface area (Å²) < 4.78 is 44.8. The number of hydrogen-bond acceptors (Lipinski definition) is 4. The molecule has 1 rings (SSSR count). The lowest BCUT2D eigenvalue weighted by molar-refractivity contribution is 0.0167. The Kier molecular flexibility index (Phi) is 7.74. The molecule has 21 heavy (non-hydrogen) atoms. The van der Waals surface area contributed by atoms with Crippen molar-refractivity contribution < 1.29 is 27.7 Å². The van der Waals surface area contributed by atoms with Gasteiger partial charge in [0.1, 0.15) is 23.9 Å². The van der Waals surface area contributed by atoms with Gasteiger partial charge in [-0.1, -0.05) is 15.9 Å². The van der Waals surface area contributed by atoms with Gasteiger partial charge in [-0.15, -0.1) is 0 Å². The molecule has 0 aromatic heterocycles. The first-order valence-electron chi connectivity index (χ1n) is 6.33. The van der Waals surface area contributed by atoms with E-state index in [1.54, 1.807) is 33.5 Å². The fourth-order valence-electron chi connectivity index (χ4n) is 1.84. The topological polar surface area (TPSA) is 36.9 Å². The van der Waals surface area contributed by atoms with Gasteiger partial charge in [0.25, 0.3) is 6.43 Å². The Balaban J connectivity index is 2.83. The van der Waals surface area contributed by atoms with Gasteiger partial charge < -0.3 is 18.9 Å². The molecule has 0 N–H and O–H groups in total. The van der Waals surface area contributed by atoms with Gasteiger partial charge in [0.2, 0.25) is 0 Å². The van der Waals surface area contributed by atoms with Crippen molar-refractivity contribution in [3.63, 3.8) is 0 Å². The second kappa shape index (κ2) is 9.04. The summed E-state index contributed by atoms with van der Waals surface area (Å²) in [7, 11) is 4.65. The molecule has 1 atom stereocenters. The van der Waals surface area contributed by atoms with Crippen LogP contribution in [0, 0.1) is 0 Å². The van der Waals surface area contributed by atoms with E-state index in [0.717, 1.165) is 5.56 Å². The van der Waals surface area contributed by atoms with Gasteiger partial charge in [-0.05, 0) is 6.42 Å².